The van der Waals surface area contributed by atoms with E-state index < -0.39 is 11.8 Å². The topological polar surface area (TPSA) is 35.5 Å². The molecule has 0 saturated carbocycles. The van der Waals surface area contributed by atoms with Crippen molar-refractivity contribution >= 4 is 17.5 Å². The fraction of sp³-hybridized carbons (Fsp3) is 0.323. The van der Waals surface area contributed by atoms with E-state index in [1.54, 1.807) is 0 Å². The predicted octanol–water partition coefficient (Wildman–Crippen LogP) is 8.41. The number of hydrogen-bond donors (Lipinski definition) is 0. The zero-order valence-electron chi connectivity index (χ0n) is 21.9. The van der Waals surface area contributed by atoms with Crippen molar-refractivity contribution < 1.29 is 14.3 Å². The number of ether oxygens (including phenoxy) is 2. The van der Waals surface area contributed by atoms with Crippen molar-refractivity contribution in [2.45, 2.75) is 67.9 Å². The van der Waals surface area contributed by atoms with Crippen LogP contribution in [-0.2, 0) is 9.47 Å². The first-order chi connectivity index (χ1) is 15.9. The van der Waals surface area contributed by atoms with Gasteiger partial charge in [0.05, 0.1) is 0 Å². The zero-order chi connectivity index (χ0) is 25.2. The average molecular weight is 457 g/mol. The quantitative estimate of drug-likeness (QED) is 0.225. The minimum Gasteiger partial charge on any atom is -0.428 e. The van der Waals surface area contributed by atoms with Crippen LogP contribution < -0.4 is 0 Å². The van der Waals surface area contributed by atoms with E-state index in [4.69, 9.17) is 9.47 Å². The van der Waals surface area contributed by atoms with Crippen LogP contribution in [0.2, 0.25) is 0 Å². The van der Waals surface area contributed by atoms with E-state index in [2.05, 4.69) is 65.8 Å². The van der Waals surface area contributed by atoms with Crippen molar-refractivity contribution in [3.8, 4) is 0 Å². The van der Waals surface area contributed by atoms with E-state index in [1.807, 2.05) is 51.1 Å². The first kappa shape index (κ1) is 25.3. The Morgan fingerprint density at radius 1 is 0.676 bits per heavy atom. The summed E-state index contributed by atoms with van der Waals surface area (Å²) < 4.78 is 11.7. The Kier molecular flexibility index (Phi) is 7.35. The summed E-state index contributed by atoms with van der Waals surface area (Å²) in [5, 5.41) is 0. The molecule has 0 aliphatic carbocycles. The molecule has 3 nitrogen and oxygen atoms in total. The second kappa shape index (κ2) is 9.89. The highest BCUT2D eigenvalue weighted by molar-refractivity contribution is 6.01. The zero-order valence-corrected chi connectivity index (χ0v) is 21.9. The Labute approximate surface area is 204 Å². The lowest BCUT2D eigenvalue weighted by Crippen LogP contribution is -2.24. The van der Waals surface area contributed by atoms with Crippen molar-refractivity contribution in [1.29, 1.82) is 0 Å². The molecule has 0 spiro atoms. The van der Waals surface area contributed by atoms with Crippen LogP contribution in [0.4, 0.5) is 4.79 Å². The lowest BCUT2D eigenvalue weighted by molar-refractivity contribution is 0.0149. The number of benzene rings is 3. The molecular weight excluding hydrogens is 420 g/mol. The van der Waals surface area contributed by atoms with Gasteiger partial charge in [0.25, 0.3) is 0 Å². The normalized spacial score (nSPS) is 11.2. The van der Waals surface area contributed by atoms with Gasteiger partial charge in [0.1, 0.15) is 11.4 Å². The molecule has 0 aliphatic heterocycles. The Balaban J connectivity index is 2.45. The Hall–Kier alpha value is -3.33. The van der Waals surface area contributed by atoms with Crippen molar-refractivity contribution in [2.75, 3.05) is 0 Å². The van der Waals surface area contributed by atoms with E-state index in [1.165, 1.54) is 11.1 Å². The highest BCUT2D eigenvalue weighted by Crippen LogP contribution is 2.40. The van der Waals surface area contributed by atoms with E-state index in [0.29, 0.717) is 5.76 Å². The second-order valence-electron chi connectivity index (χ2n) is 10.2. The SMILES string of the molecule is Cc1cc(C)c(C(=C(OC(=O)OC(C)(C)C)c2ccccc2)c2c(C)cc(C)cc2C)c(C)c1. The molecule has 0 amide bonds. The molecule has 0 saturated heterocycles. The van der Waals surface area contributed by atoms with Crippen LogP contribution in [-0.4, -0.2) is 11.8 Å². The van der Waals surface area contributed by atoms with Crippen molar-refractivity contribution in [3.05, 3.63) is 105 Å². The molecule has 0 unspecified atom stereocenters. The summed E-state index contributed by atoms with van der Waals surface area (Å²) >= 11 is 0. The number of aryl methyl sites for hydroxylation is 6. The van der Waals surface area contributed by atoms with E-state index in [-0.39, 0.29) is 0 Å². The van der Waals surface area contributed by atoms with Crippen LogP contribution in [0.3, 0.4) is 0 Å². The maximum atomic E-state index is 13.0. The highest BCUT2D eigenvalue weighted by atomic mass is 16.7. The molecule has 0 atom stereocenters. The summed E-state index contributed by atoms with van der Waals surface area (Å²) in [5.41, 5.74) is 10.1. The second-order valence-corrected chi connectivity index (χ2v) is 10.2. The summed E-state index contributed by atoms with van der Waals surface area (Å²) in [6.07, 6.45) is -0.714. The summed E-state index contributed by atoms with van der Waals surface area (Å²) in [7, 11) is 0. The highest BCUT2D eigenvalue weighted by Gasteiger charge is 2.26. The Bertz CT molecular complexity index is 1140. The van der Waals surface area contributed by atoms with Gasteiger partial charge in [0.2, 0.25) is 0 Å². The first-order valence-electron chi connectivity index (χ1n) is 11.7. The molecule has 0 bridgehead atoms. The molecule has 0 fully saturated rings. The van der Waals surface area contributed by atoms with Crippen LogP contribution in [0.5, 0.6) is 0 Å². The van der Waals surface area contributed by atoms with E-state index >= 15 is 0 Å². The number of rotatable bonds is 4. The molecule has 0 aromatic heterocycles. The van der Waals surface area contributed by atoms with Gasteiger partial charge < -0.3 is 9.47 Å². The van der Waals surface area contributed by atoms with Crippen LogP contribution in [0.15, 0.2) is 54.6 Å². The van der Waals surface area contributed by atoms with Crippen LogP contribution in [0.1, 0.15) is 70.8 Å². The summed E-state index contributed by atoms with van der Waals surface area (Å²) in [5.74, 6) is 0.500. The van der Waals surface area contributed by atoms with Crippen LogP contribution in [0.25, 0.3) is 11.3 Å². The molecule has 3 aromatic rings. The summed E-state index contributed by atoms with van der Waals surface area (Å²) in [6, 6.07) is 18.5. The van der Waals surface area contributed by atoms with Gasteiger partial charge in [0.15, 0.2) is 0 Å². The predicted molar refractivity (Wildman–Crippen MR) is 141 cm³/mol. The Morgan fingerprint density at radius 2 is 1.09 bits per heavy atom. The lowest BCUT2D eigenvalue weighted by atomic mass is 9.83. The van der Waals surface area contributed by atoms with Gasteiger partial charge in [-0.25, -0.2) is 4.79 Å². The third kappa shape index (κ3) is 5.77. The monoisotopic (exact) mass is 456 g/mol. The molecule has 3 rings (SSSR count). The first-order valence-corrected chi connectivity index (χ1v) is 11.7. The molecule has 178 valence electrons. The summed E-state index contributed by atoms with van der Waals surface area (Å²) in [4.78, 5) is 13.0. The average Bonchev–Trinajstić information content (AvgIpc) is 2.69. The van der Waals surface area contributed by atoms with Gasteiger partial charge >= 0.3 is 6.16 Å². The fourth-order valence-electron chi connectivity index (χ4n) is 4.70. The van der Waals surface area contributed by atoms with Gasteiger partial charge in [0, 0.05) is 11.1 Å². The van der Waals surface area contributed by atoms with E-state index in [0.717, 1.165) is 44.5 Å². The fourth-order valence-corrected chi connectivity index (χ4v) is 4.70. The van der Waals surface area contributed by atoms with Crippen molar-refractivity contribution in [3.63, 3.8) is 0 Å². The molecule has 34 heavy (non-hydrogen) atoms. The van der Waals surface area contributed by atoms with Gasteiger partial charge in [-0.15, -0.1) is 0 Å². The minimum absolute atomic E-state index is 0.500. The van der Waals surface area contributed by atoms with Gasteiger partial charge in [-0.05, 0) is 95.7 Å². The van der Waals surface area contributed by atoms with E-state index in [9.17, 15) is 4.79 Å². The van der Waals surface area contributed by atoms with Gasteiger partial charge in [-0.1, -0.05) is 65.7 Å². The molecule has 3 aromatic carbocycles. The third-order valence-corrected chi connectivity index (χ3v) is 5.69. The third-order valence-electron chi connectivity index (χ3n) is 5.69. The Morgan fingerprint density at radius 3 is 1.47 bits per heavy atom. The number of carbonyl (C=O) groups excluding carboxylic acids is 1. The number of hydrogen-bond acceptors (Lipinski definition) is 3. The molecule has 0 aliphatic rings. The van der Waals surface area contributed by atoms with Crippen molar-refractivity contribution in [2.24, 2.45) is 0 Å². The standard InChI is InChI=1S/C31H36O3/c1-19-15-21(3)26(22(4)16-19)28(27-23(5)17-20(2)18-24(27)6)29(25-13-11-10-12-14-25)33-30(32)34-31(7,8)9/h10-18H,1-9H3. The summed E-state index contributed by atoms with van der Waals surface area (Å²) in [6.45, 7) is 18.2. The largest absolute Gasteiger partial charge is 0.514 e. The maximum Gasteiger partial charge on any atom is 0.514 e. The molecule has 0 N–H and O–H groups in total. The van der Waals surface area contributed by atoms with Gasteiger partial charge in [-0.2, -0.15) is 0 Å². The van der Waals surface area contributed by atoms with Crippen LogP contribution in [0, 0.1) is 41.5 Å². The lowest BCUT2D eigenvalue weighted by Gasteiger charge is -2.25. The molecular formula is C31H36O3. The molecule has 0 radical (unpaired) electrons. The number of carbonyl (C=O) groups is 1. The minimum atomic E-state index is -0.714. The van der Waals surface area contributed by atoms with Crippen molar-refractivity contribution in [1.82, 2.24) is 0 Å². The van der Waals surface area contributed by atoms with Crippen LogP contribution >= 0.6 is 0 Å². The molecule has 3 heteroatoms. The smallest absolute Gasteiger partial charge is 0.428 e. The van der Waals surface area contributed by atoms with Gasteiger partial charge in [-0.3, -0.25) is 0 Å². The maximum absolute atomic E-state index is 13.0. The molecule has 0 heterocycles.